The third-order valence-electron chi connectivity index (χ3n) is 7.02. The van der Waals surface area contributed by atoms with Crippen LogP contribution in [0.3, 0.4) is 0 Å². The molecule has 2 aliphatic carbocycles. The highest BCUT2D eigenvalue weighted by Crippen LogP contribution is 2.54. The van der Waals surface area contributed by atoms with Crippen LogP contribution in [0.1, 0.15) is 63.0 Å². The number of fused-ring (bicyclic) bond motifs is 1. The third kappa shape index (κ3) is 5.85. The Hall–Kier alpha value is -4.22. The normalized spacial score (nSPS) is 22.1. The summed E-state index contributed by atoms with van der Waals surface area (Å²) in [5.74, 6) is -12.4. The summed E-state index contributed by atoms with van der Waals surface area (Å²) in [5.41, 5.74) is 0.407. The van der Waals surface area contributed by atoms with Gasteiger partial charge in [-0.25, -0.2) is 9.59 Å². The molecule has 1 aromatic rings. The van der Waals surface area contributed by atoms with E-state index in [1.54, 1.807) is 26.8 Å². The summed E-state index contributed by atoms with van der Waals surface area (Å²) in [6, 6.07) is 3.15. The summed E-state index contributed by atoms with van der Waals surface area (Å²) in [6.07, 6.45) is 0. The van der Waals surface area contributed by atoms with Gasteiger partial charge in [0.1, 0.15) is 13.2 Å². The zero-order chi connectivity index (χ0) is 30.3. The quantitative estimate of drug-likeness (QED) is 0.188. The Balaban J connectivity index is 1.85. The lowest BCUT2D eigenvalue weighted by molar-refractivity contribution is -0.180. The van der Waals surface area contributed by atoms with E-state index in [-0.39, 0.29) is 30.0 Å². The maximum absolute atomic E-state index is 13.4. The van der Waals surface area contributed by atoms with Crippen molar-refractivity contribution >= 4 is 41.4 Å². The van der Waals surface area contributed by atoms with E-state index in [1.807, 2.05) is 13.8 Å². The molecule has 0 bridgehead atoms. The summed E-state index contributed by atoms with van der Waals surface area (Å²) in [4.78, 5) is 74.9. The zero-order valence-electron chi connectivity index (χ0n) is 23.2. The van der Waals surface area contributed by atoms with Crippen LogP contribution >= 0.6 is 0 Å². The molecule has 2 atom stereocenters. The minimum absolute atomic E-state index is 0.00845. The van der Waals surface area contributed by atoms with Gasteiger partial charge in [-0.05, 0) is 44.9 Å². The number of carboxylic acids is 2. The van der Waals surface area contributed by atoms with E-state index < -0.39 is 70.3 Å². The first-order chi connectivity index (χ1) is 18.4. The first-order valence-corrected chi connectivity index (χ1v) is 12.7. The predicted octanol–water partition coefficient (Wildman–Crippen LogP) is 2.10. The number of hydrogen-bond acceptors (Lipinski definition) is 8. The van der Waals surface area contributed by atoms with Crippen molar-refractivity contribution in [2.45, 2.75) is 52.5 Å². The largest absolute Gasteiger partial charge is 0.481 e. The molecule has 0 heterocycles. The average Bonchev–Trinajstić information content (AvgIpc) is 3.34. The van der Waals surface area contributed by atoms with E-state index in [9.17, 15) is 39.0 Å². The van der Waals surface area contributed by atoms with Gasteiger partial charge in [0.05, 0.1) is 34.9 Å². The molecule has 1 fully saturated rings. The molecular formula is C28H34N2O10. The third-order valence-corrected chi connectivity index (χ3v) is 7.02. The number of nitrogens with one attached hydrogen (secondary N) is 2. The zero-order valence-corrected chi connectivity index (χ0v) is 23.2. The van der Waals surface area contributed by atoms with E-state index in [0.29, 0.717) is 5.56 Å². The van der Waals surface area contributed by atoms with Crippen LogP contribution in [-0.2, 0) is 38.9 Å². The summed E-state index contributed by atoms with van der Waals surface area (Å²) in [5, 5.41) is 24.8. The van der Waals surface area contributed by atoms with Crippen LogP contribution in [0.25, 0.3) is 0 Å². The van der Waals surface area contributed by atoms with E-state index in [4.69, 9.17) is 9.47 Å². The van der Waals surface area contributed by atoms with Crippen LogP contribution in [0.5, 0.6) is 0 Å². The van der Waals surface area contributed by atoms with Gasteiger partial charge in [0.15, 0.2) is 0 Å². The Bertz CT molecular complexity index is 1280. The van der Waals surface area contributed by atoms with Gasteiger partial charge in [-0.2, -0.15) is 0 Å². The van der Waals surface area contributed by atoms with E-state index in [2.05, 4.69) is 17.2 Å². The van der Waals surface area contributed by atoms with Gasteiger partial charge in [-0.15, -0.1) is 0 Å². The van der Waals surface area contributed by atoms with Crippen molar-refractivity contribution in [3.05, 3.63) is 41.0 Å². The van der Waals surface area contributed by atoms with Crippen molar-refractivity contribution in [1.82, 2.24) is 5.32 Å². The van der Waals surface area contributed by atoms with Crippen molar-refractivity contribution in [3.63, 3.8) is 0 Å². The van der Waals surface area contributed by atoms with Crippen molar-refractivity contribution in [2.24, 2.45) is 23.7 Å². The molecule has 0 spiro atoms. The van der Waals surface area contributed by atoms with Gasteiger partial charge < -0.3 is 30.3 Å². The SMILES string of the molecule is C=C(C)C(=O)OCCOC(=O)c1c(NC(=O)C2C(C(=O)O)C(C(=O)NC(C)(C)C)C2C(=O)O)ccc2c1C2(C)C. The minimum Gasteiger partial charge on any atom is -0.481 e. The first kappa shape index (κ1) is 30.3. The number of carbonyl (C=O) groups is 6. The maximum Gasteiger partial charge on any atom is 0.340 e. The van der Waals surface area contributed by atoms with Crippen LogP contribution in [0.2, 0.25) is 0 Å². The Morgan fingerprint density at radius 2 is 1.43 bits per heavy atom. The number of anilines is 1. The molecule has 12 heteroatoms. The van der Waals surface area contributed by atoms with Crippen molar-refractivity contribution in [2.75, 3.05) is 18.5 Å². The maximum atomic E-state index is 13.4. The highest BCUT2D eigenvalue weighted by molar-refractivity contribution is 6.08. The smallest absolute Gasteiger partial charge is 0.340 e. The molecule has 2 unspecified atom stereocenters. The number of rotatable bonds is 10. The molecule has 12 nitrogen and oxygen atoms in total. The number of carbonyl (C=O) groups excluding carboxylic acids is 4. The molecule has 0 saturated heterocycles. The van der Waals surface area contributed by atoms with Gasteiger partial charge in [0.2, 0.25) is 11.8 Å². The molecule has 4 N–H and O–H groups in total. The lowest BCUT2D eigenvalue weighted by Gasteiger charge is -2.46. The van der Waals surface area contributed by atoms with E-state index >= 15 is 0 Å². The highest BCUT2D eigenvalue weighted by atomic mass is 16.6. The fraction of sp³-hybridized carbons (Fsp3) is 0.500. The Labute approximate surface area is 231 Å². The van der Waals surface area contributed by atoms with Crippen LogP contribution in [0, 0.1) is 23.7 Å². The fourth-order valence-electron chi connectivity index (χ4n) is 5.09. The summed E-state index contributed by atoms with van der Waals surface area (Å²) in [7, 11) is 0. The van der Waals surface area contributed by atoms with Gasteiger partial charge in [-0.3, -0.25) is 19.2 Å². The van der Waals surface area contributed by atoms with Crippen molar-refractivity contribution in [3.8, 4) is 0 Å². The van der Waals surface area contributed by atoms with Crippen molar-refractivity contribution in [1.29, 1.82) is 0 Å². The molecule has 0 radical (unpaired) electrons. The number of hydrogen-bond donors (Lipinski definition) is 4. The van der Waals surface area contributed by atoms with Crippen LogP contribution in [-0.4, -0.2) is 64.7 Å². The number of aliphatic carboxylic acids is 2. The van der Waals surface area contributed by atoms with Gasteiger partial charge in [-0.1, -0.05) is 26.5 Å². The molecule has 216 valence electrons. The Kier molecular flexibility index (Phi) is 8.14. The second-order valence-electron chi connectivity index (χ2n) is 11.6. The molecule has 2 aliphatic rings. The fourth-order valence-corrected chi connectivity index (χ4v) is 5.09. The van der Waals surface area contributed by atoms with E-state index in [1.165, 1.54) is 13.0 Å². The molecule has 3 rings (SSSR count). The number of ether oxygens (including phenoxy) is 2. The number of benzene rings is 1. The second kappa shape index (κ2) is 10.7. The molecule has 0 aromatic heterocycles. The monoisotopic (exact) mass is 558 g/mol. The lowest BCUT2D eigenvalue weighted by atomic mass is 9.55. The summed E-state index contributed by atoms with van der Waals surface area (Å²) >= 11 is 0. The second-order valence-corrected chi connectivity index (χ2v) is 11.6. The molecule has 0 aliphatic heterocycles. The van der Waals surface area contributed by atoms with Crippen LogP contribution < -0.4 is 10.6 Å². The van der Waals surface area contributed by atoms with Gasteiger partial charge in [0, 0.05) is 16.5 Å². The van der Waals surface area contributed by atoms with E-state index in [0.717, 1.165) is 5.56 Å². The lowest BCUT2D eigenvalue weighted by Crippen LogP contribution is -2.64. The molecule has 1 saturated carbocycles. The first-order valence-electron chi connectivity index (χ1n) is 12.7. The molecule has 40 heavy (non-hydrogen) atoms. The highest BCUT2D eigenvalue weighted by Gasteiger charge is 2.64. The molecule has 1 aromatic carbocycles. The Morgan fingerprint density at radius 1 is 0.900 bits per heavy atom. The van der Waals surface area contributed by atoms with Crippen LogP contribution in [0.4, 0.5) is 5.69 Å². The predicted molar refractivity (Wildman–Crippen MR) is 140 cm³/mol. The molecule has 2 amide bonds. The van der Waals surface area contributed by atoms with Gasteiger partial charge in [0.25, 0.3) is 0 Å². The topological polar surface area (TPSA) is 185 Å². The number of esters is 2. The van der Waals surface area contributed by atoms with Crippen LogP contribution in [0.15, 0.2) is 24.3 Å². The molecular weight excluding hydrogens is 524 g/mol. The standard InChI is InChI=1S/C28H34N2O10/c1-12(2)25(37)39-10-11-40-26(38)15-14(9-8-13-20(15)28(13,6)7)29-21(31)16-18(23(33)34)17(19(16)24(35)36)22(32)30-27(3,4)5/h8-9,16-19H,1,10-11H2,2-7H3,(H,29,31)(H,30,32)(H,33,34)(H,35,36). The summed E-state index contributed by atoms with van der Waals surface area (Å²) < 4.78 is 10.2. The number of amides is 2. The van der Waals surface area contributed by atoms with Crippen molar-refractivity contribution < 1.29 is 48.5 Å². The minimum atomic E-state index is -1.60. The summed E-state index contributed by atoms with van der Waals surface area (Å²) in [6.45, 7) is 13.1. The average molecular weight is 559 g/mol. The Morgan fingerprint density at radius 3 is 1.93 bits per heavy atom. The van der Waals surface area contributed by atoms with Gasteiger partial charge >= 0.3 is 23.9 Å². The number of carboxylic acid groups (broad SMARTS) is 2.